The zero-order valence-corrected chi connectivity index (χ0v) is 16.1. The number of aryl methyl sites for hydroxylation is 1. The molecule has 0 radical (unpaired) electrons. The molecule has 0 amide bonds. The molecule has 3 unspecified atom stereocenters. The van der Waals surface area contributed by atoms with Gasteiger partial charge in [-0.25, -0.2) is 0 Å². The van der Waals surface area contributed by atoms with Gasteiger partial charge in [-0.2, -0.15) is 17.0 Å². The number of rotatable bonds is 4. The Bertz CT molecular complexity index is 667. The fourth-order valence-electron chi connectivity index (χ4n) is 3.69. The highest BCUT2D eigenvalue weighted by molar-refractivity contribution is 7.86. The van der Waals surface area contributed by atoms with Gasteiger partial charge in [-0.05, 0) is 31.4 Å². The molecule has 3 rings (SSSR count). The average molecular weight is 368 g/mol. The maximum Gasteiger partial charge on any atom is 0.282 e. The molecule has 2 aliphatic rings. The highest BCUT2D eigenvalue weighted by Crippen LogP contribution is 2.28. The normalized spacial score (nSPS) is 29.6. The molecule has 25 heavy (non-hydrogen) atoms. The van der Waals surface area contributed by atoms with Gasteiger partial charge in [0.05, 0.1) is 18.2 Å². The lowest BCUT2D eigenvalue weighted by molar-refractivity contribution is -0.0459. The van der Waals surface area contributed by atoms with Crippen LogP contribution in [0.3, 0.4) is 0 Å². The minimum absolute atomic E-state index is 0.0799. The summed E-state index contributed by atoms with van der Waals surface area (Å²) in [5, 5.41) is 3.34. The van der Waals surface area contributed by atoms with Crippen LogP contribution in [0, 0.1) is 0 Å². The summed E-state index contributed by atoms with van der Waals surface area (Å²) in [6.45, 7) is 8.61. The summed E-state index contributed by atoms with van der Waals surface area (Å²) >= 11 is 0. The predicted molar refractivity (Wildman–Crippen MR) is 98.6 cm³/mol. The Morgan fingerprint density at radius 3 is 2.40 bits per heavy atom. The minimum Gasteiger partial charge on any atom is -0.373 e. The molecule has 0 saturated carbocycles. The van der Waals surface area contributed by atoms with Gasteiger partial charge < -0.3 is 10.1 Å². The molecule has 140 valence electrons. The van der Waals surface area contributed by atoms with E-state index < -0.39 is 10.2 Å². The van der Waals surface area contributed by atoms with Gasteiger partial charge in [-0.3, -0.25) is 0 Å². The van der Waals surface area contributed by atoms with E-state index in [1.165, 1.54) is 5.56 Å². The molecule has 2 saturated heterocycles. The van der Waals surface area contributed by atoms with E-state index >= 15 is 0 Å². The van der Waals surface area contributed by atoms with Crippen molar-refractivity contribution in [3.8, 4) is 0 Å². The molecule has 2 heterocycles. The van der Waals surface area contributed by atoms with E-state index in [4.69, 9.17) is 4.74 Å². The van der Waals surface area contributed by atoms with Crippen molar-refractivity contribution < 1.29 is 13.2 Å². The Morgan fingerprint density at radius 1 is 1.16 bits per heavy atom. The van der Waals surface area contributed by atoms with Crippen molar-refractivity contribution in [3.05, 3.63) is 35.4 Å². The van der Waals surface area contributed by atoms with Gasteiger partial charge in [-0.1, -0.05) is 31.2 Å². The molecule has 2 fully saturated rings. The van der Waals surface area contributed by atoms with E-state index in [-0.39, 0.29) is 18.2 Å². The monoisotopic (exact) mass is 367 g/mol. The van der Waals surface area contributed by atoms with Gasteiger partial charge in [-0.15, -0.1) is 0 Å². The largest absolute Gasteiger partial charge is 0.373 e. The van der Waals surface area contributed by atoms with Crippen LogP contribution < -0.4 is 5.32 Å². The van der Waals surface area contributed by atoms with Crippen LogP contribution in [-0.2, 0) is 21.4 Å². The molecule has 0 aliphatic carbocycles. The number of ether oxygens (including phenoxy) is 1. The Hall–Kier alpha value is -0.990. The number of nitrogens with one attached hydrogen (secondary N) is 1. The molecule has 7 heteroatoms. The quantitative estimate of drug-likeness (QED) is 0.877. The summed E-state index contributed by atoms with van der Waals surface area (Å²) in [4.78, 5) is 0. The van der Waals surface area contributed by atoms with Crippen molar-refractivity contribution in [2.45, 2.75) is 45.4 Å². The van der Waals surface area contributed by atoms with Crippen molar-refractivity contribution in [1.82, 2.24) is 13.9 Å². The standard InChI is InChI=1S/C18H29N3O3S/c1-4-16-5-7-17(8-6-16)18-11-19-9-10-21(18)25(22,23)20-12-14(2)24-15(3)13-20/h5-8,14-15,18-19H,4,9-13H2,1-3H3. The second-order valence-corrected chi connectivity index (χ2v) is 8.89. The van der Waals surface area contributed by atoms with E-state index in [9.17, 15) is 8.42 Å². The first-order valence-corrected chi connectivity index (χ1v) is 10.5. The molecule has 6 nitrogen and oxygen atoms in total. The van der Waals surface area contributed by atoms with E-state index in [0.717, 1.165) is 12.0 Å². The maximum atomic E-state index is 13.3. The SMILES string of the molecule is CCc1ccc(C2CNCCN2S(=O)(=O)N2CC(C)OC(C)C2)cc1. The highest BCUT2D eigenvalue weighted by atomic mass is 32.2. The molecular weight excluding hydrogens is 338 g/mol. The third-order valence-electron chi connectivity index (χ3n) is 4.98. The lowest BCUT2D eigenvalue weighted by atomic mass is 10.0. The van der Waals surface area contributed by atoms with Crippen LogP contribution in [0.2, 0.25) is 0 Å². The second kappa shape index (κ2) is 7.72. The number of nitrogens with zero attached hydrogens (tertiary/aromatic N) is 2. The lowest BCUT2D eigenvalue weighted by Gasteiger charge is -2.41. The summed E-state index contributed by atoms with van der Waals surface area (Å²) in [5.74, 6) is 0. The highest BCUT2D eigenvalue weighted by Gasteiger charge is 2.40. The topological polar surface area (TPSA) is 61.9 Å². The van der Waals surface area contributed by atoms with Gasteiger partial charge >= 0.3 is 0 Å². The van der Waals surface area contributed by atoms with Crippen LogP contribution in [0.15, 0.2) is 24.3 Å². The predicted octanol–water partition coefficient (Wildman–Crippen LogP) is 1.55. The van der Waals surface area contributed by atoms with Crippen molar-refractivity contribution in [1.29, 1.82) is 0 Å². The number of morpholine rings is 1. The second-order valence-electron chi connectivity index (χ2n) is 7.01. The van der Waals surface area contributed by atoms with Crippen LogP contribution in [-0.4, -0.2) is 62.0 Å². The summed E-state index contributed by atoms with van der Waals surface area (Å²) in [6, 6.07) is 8.13. The summed E-state index contributed by atoms with van der Waals surface area (Å²) in [5.41, 5.74) is 2.31. The van der Waals surface area contributed by atoms with E-state index in [1.807, 2.05) is 13.8 Å². The third kappa shape index (κ3) is 4.06. The maximum absolute atomic E-state index is 13.3. The fourth-order valence-corrected chi connectivity index (χ4v) is 5.62. The fraction of sp³-hybridized carbons (Fsp3) is 0.667. The van der Waals surface area contributed by atoms with Crippen LogP contribution in [0.1, 0.15) is 37.9 Å². The first-order valence-electron chi connectivity index (χ1n) is 9.13. The average Bonchev–Trinajstić information content (AvgIpc) is 2.61. The molecule has 0 aromatic heterocycles. The molecular formula is C18H29N3O3S. The third-order valence-corrected chi connectivity index (χ3v) is 6.96. The first kappa shape index (κ1) is 18.8. The minimum atomic E-state index is -3.52. The molecule has 1 aromatic carbocycles. The number of piperazine rings is 1. The zero-order valence-electron chi connectivity index (χ0n) is 15.3. The summed E-state index contributed by atoms with van der Waals surface area (Å²) in [7, 11) is -3.52. The summed E-state index contributed by atoms with van der Waals surface area (Å²) in [6.07, 6.45) is 0.821. The van der Waals surface area contributed by atoms with E-state index in [0.29, 0.717) is 32.7 Å². The van der Waals surface area contributed by atoms with Gasteiger partial charge in [0.15, 0.2) is 0 Å². The van der Waals surface area contributed by atoms with Crippen molar-refractivity contribution in [2.24, 2.45) is 0 Å². The molecule has 2 aliphatic heterocycles. The van der Waals surface area contributed by atoms with Gasteiger partial charge in [0, 0.05) is 32.7 Å². The van der Waals surface area contributed by atoms with Crippen LogP contribution >= 0.6 is 0 Å². The van der Waals surface area contributed by atoms with Crippen LogP contribution in [0.25, 0.3) is 0 Å². The van der Waals surface area contributed by atoms with Crippen molar-refractivity contribution in [3.63, 3.8) is 0 Å². The molecule has 1 aromatic rings. The number of hydrogen-bond acceptors (Lipinski definition) is 4. The van der Waals surface area contributed by atoms with Gasteiger partial charge in [0.25, 0.3) is 10.2 Å². The number of hydrogen-bond donors (Lipinski definition) is 1. The lowest BCUT2D eigenvalue weighted by Crippen LogP contribution is -2.57. The summed E-state index contributed by atoms with van der Waals surface area (Å²) < 4.78 is 35.6. The van der Waals surface area contributed by atoms with Crippen LogP contribution in [0.5, 0.6) is 0 Å². The smallest absolute Gasteiger partial charge is 0.282 e. The molecule has 1 N–H and O–H groups in total. The van der Waals surface area contributed by atoms with E-state index in [2.05, 4.69) is 36.5 Å². The Morgan fingerprint density at radius 2 is 1.80 bits per heavy atom. The Kier molecular flexibility index (Phi) is 5.80. The number of benzene rings is 1. The van der Waals surface area contributed by atoms with Crippen LogP contribution in [0.4, 0.5) is 0 Å². The van der Waals surface area contributed by atoms with Crippen molar-refractivity contribution in [2.75, 3.05) is 32.7 Å². The van der Waals surface area contributed by atoms with Gasteiger partial charge in [0.1, 0.15) is 0 Å². The Balaban J connectivity index is 1.86. The van der Waals surface area contributed by atoms with Crippen molar-refractivity contribution >= 4 is 10.2 Å². The Labute approximate surface area is 151 Å². The molecule has 3 atom stereocenters. The van der Waals surface area contributed by atoms with Gasteiger partial charge in [0.2, 0.25) is 0 Å². The molecule has 0 bridgehead atoms. The molecule has 0 spiro atoms. The van der Waals surface area contributed by atoms with E-state index in [1.54, 1.807) is 8.61 Å². The first-order chi connectivity index (χ1) is 11.9. The zero-order chi connectivity index (χ0) is 18.0.